The van der Waals surface area contributed by atoms with Crippen LogP contribution >= 0.6 is 0 Å². The molecule has 3 aromatic carbocycles. The molecule has 182 valence electrons. The average molecular weight is 476 g/mol. The van der Waals surface area contributed by atoms with Gasteiger partial charge in [-0.15, -0.1) is 0 Å². The molecule has 0 unspecified atom stereocenters. The van der Waals surface area contributed by atoms with E-state index in [1.807, 2.05) is 48.5 Å². The van der Waals surface area contributed by atoms with Crippen molar-refractivity contribution in [2.45, 2.75) is 31.5 Å². The molecule has 0 saturated carbocycles. The number of hydrogen-bond donors (Lipinski definition) is 2. The van der Waals surface area contributed by atoms with E-state index in [0.717, 1.165) is 49.7 Å². The second kappa shape index (κ2) is 10.8. The number of hydrogen-bond acceptors (Lipinski definition) is 5. The molecule has 0 aromatic heterocycles. The standard InChI is InChI=1S/C28H30FN3O3/c29-25-6-2-1-5-21(25)17-31-28(33)20-9-11-23(12-10-20)32-15-13-22(14-16-32)30-18-24-19-34-26-7-3-4-8-27(26)35-24/h1-12,22,24,30H,13-19H2,(H,31,33)/t24-/m1/s1. The van der Waals surface area contributed by atoms with Crippen LogP contribution in [-0.4, -0.2) is 44.3 Å². The summed E-state index contributed by atoms with van der Waals surface area (Å²) in [7, 11) is 0. The highest BCUT2D eigenvalue weighted by atomic mass is 19.1. The molecule has 2 heterocycles. The number of para-hydroxylation sites is 2. The highest BCUT2D eigenvalue weighted by molar-refractivity contribution is 5.94. The molecule has 35 heavy (non-hydrogen) atoms. The van der Waals surface area contributed by atoms with Crippen molar-refractivity contribution >= 4 is 11.6 Å². The van der Waals surface area contributed by atoms with Crippen LogP contribution in [-0.2, 0) is 6.54 Å². The second-order valence-electron chi connectivity index (χ2n) is 8.99. The summed E-state index contributed by atoms with van der Waals surface area (Å²) in [4.78, 5) is 14.8. The molecule has 1 amide bonds. The van der Waals surface area contributed by atoms with Crippen molar-refractivity contribution in [2.75, 3.05) is 31.1 Å². The van der Waals surface area contributed by atoms with Crippen LogP contribution in [0.5, 0.6) is 11.5 Å². The van der Waals surface area contributed by atoms with Gasteiger partial charge in [0.05, 0.1) is 0 Å². The number of carbonyl (C=O) groups excluding carboxylic acids is 1. The molecule has 1 fully saturated rings. The summed E-state index contributed by atoms with van der Waals surface area (Å²) in [6, 6.07) is 22.3. The number of amides is 1. The van der Waals surface area contributed by atoms with Crippen LogP contribution in [0.25, 0.3) is 0 Å². The lowest BCUT2D eigenvalue weighted by Gasteiger charge is -2.35. The number of halogens is 1. The quantitative estimate of drug-likeness (QED) is 0.538. The fourth-order valence-corrected chi connectivity index (χ4v) is 4.55. The maximum atomic E-state index is 13.8. The lowest BCUT2D eigenvalue weighted by Crippen LogP contribution is -2.47. The predicted octanol–water partition coefficient (Wildman–Crippen LogP) is 4.15. The summed E-state index contributed by atoms with van der Waals surface area (Å²) in [5.74, 6) is 1.10. The Labute approximate surface area is 205 Å². The number of rotatable bonds is 7. The molecule has 0 aliphatic carbocycles. The zero-order chi connectivity index (χ0) is 24.0. The summed E-state index contributed by atoms with van der Waals surface area (Å²) >= 11 is 0. The zero-order valence-electron chi connectivity index (χ0n) is 19.6. The second-order valence-corrected chi connectivity index (χ2v) is 8.99. The van der Waals surface area contributed by atoms with Gasteiger partial charge in [0.2, 0.25) is 0 Å². The van der Waals surface area contributed by atoms with Crippen LogP contribution in [0.4, 0.5) is 10.1 Å². The number of benzene rings is 3. The van der Waals surface area contributed by atoms with E-state index in [4.69, 9.17) is 9.47 Å². The van der Waals surface area contributed by atoms with Crippen LogP contribution < -0.4 is 25.0 Å². The van der Waals surface area contributed by atoms with Crippen LogP contribution in [0.2, 0.25) is 0 Å². The molecular formula is C28H30FN3O3. The number of nitrogens with zero attached hydrogens (tertiary/aromatic N) is 1. The molecule has 1 atom stereocenters. The molecule has 2 N–H and O–H groups in total. The number of nitrogens with one attached hydrogen (secondary N) is 2. The van der Waals surface area contributed by atoms with Crippen molar-refractivity contribution in [3.05, 3.63) is 89.7 Å². The van der Waals surface area contributed by atoms with Gasteiger partial charge < -0.3 is 25.0 Å². The van der Waals surface area contributed by atoms with E-state index in [9.17, 15) is 9.18 Å². The van der Waals surface area contributed by atoms with Crippen molar-refractivity contribution in [2.24, 2.45) is 0 Å². The third-order valence-corrected chi connectivity index (χ3v) is 6.59. The first-order valence-corrected chi connectivity index (χ1v) is 12.1. The topological polar surface area (TPSA) is 62.8 Å². The van der Waals surface area contributed by atoms with Crippen molar-refractivity contribution in [3.8, 4) is 11.5 Å². The van der Waals surface area contributed by atoms with E-state index in [-0.39, 0.29) is 24.4 Å². The van der Waals surface area contributed by atoms with E-state index in [1.54, 1.807) is 18.2 Å². The molecule has 0 bridgehead atoms. The Morgan fingerprint density at radius 2 is 1.66 bits per heavy atom. The molecule has 0 radical (unpaired) electrons. The maximum absolute atomic E-state index is 13.8. The third-order valence-electron chi connectivity index (χ3n) is 6.59. The van der Waals surface area contributed by atoms with Gasteiger partial charge in [-0.2, -0.15) is 0 Å². The van der Waals surface area contributed by atoms with Crippen LogP contribution in [0.3, 0.4) is 0 Å². The first kappa shape index (κ1) is 23.2. The smallest absolute Gasteiger partial charge is 0.251 e. The lowest BCUT2D eigenvalue weighted by molar-refractivity contribution is 0.0873. The fourth-order valence-electron chi connectivity index (χ4n) is 4.55. The summed E-state index contributed by atoms with van der Waals surface area (Å²) in [6.07, 6.45) is 2.09. The SMILES string of the molecule is O=C(NCc1ccccc1F)c1ccc(N2CCC(NC[C@@H]3COc4ccccc4O3)CC2)cc1. The largest absolute Gasteiger partial charge is 0.486 e. The monoisotopic (exact) mass is 475 g/mol. The molecular weight excluding hydrogens is 445 g/mol. The zero-order valence-corrected chi connectivity index (χ0v) is 19.6. The van der Waals surface area contributed by atoms with Crippen LogP contribution in [0.1, 0.15) is 28.8 Å². The number of anilines is 1. The third kappa shape index (κ3) is 5.74. The minimum atomic E-state index is -0.314. The Hall–Kier alpha value is -3.58. The number of ether oxygens (including phenoxy) is 2. The van der Waals surface area contributed by atoms with Crippen molar-refractivity contribution in [1.29, 1.82) is 0 Å². The first-order chi connectivity index (χ1) is 17.2. The predicted molar refractivity (Wildman–Crippen MR) is 134 cm³/mol. The minimum Gasteiger partial charge on any atom is -0.486 e. The fraction of sp³-hybridized carbons (Fsp3) is 0.321. The molecule has 5 rings (SSSR count). The number of carbonyl (C=O) groups is 1. The molecule has 7 heteroatoms. The number of piperidine rings is 1. The van der Waals surface area contributed by atoms with Gasteiger partial charge in [-0.25, -0.2) is 4.39 Å². The maximum Gasteiger partial charge on any atom is 0.251 e. The van der Waals surface area contributed by atoms with Crippen LogP contribution in [0.15, 0.2) is 72.8 Å². The summed E-state index contributed by atoms with van der Waals surface area (Å²) < 4.78 is 25.6. The van der Waals surface area contributed by atoms with Gasteiger partial charge >= 0.3 is 0 Å². The normalized spacial score (nSPS) is 17.7. The Kier molecular flexibility index (Phi) is 7.14. The van der Waals surface area contributed by atoms with Gasteiger partial charge in [-0.3, -0.25) is 4.79 Å². The van der Waals surface area contributed by atoms with E-state index in [0.29, 0.717) is 23.8 Å². The summed E-state index contributed by atoms with van der Waals surface area (Å²) in [6.45, 7) is 3.37. The Balaban J connectivity index is 1.06. The summed E-state index contributed by atoms with van der Waals surface area (Å²) in [5.41, 5.74) is 2.15. The van der Waals surface area contributed by atoms with E-state index in [2.05, 4.69) is 15.5 Å². The molecule has 0 spiro atoms. The van der Waals surface area contributed by atoms with Crippen LogP contribution in [0, 0.1) is 5.82 Å². The van der Waals surface area contributed by atoms with E-state index in [1.165, 1.54) is 6.07 Å². The van der Waals surface area contributed by atoms with Gasteiger partial charge in [0.1, 0.15) is 18.5 Å². The highest BCUT2D eigenvalue weighted by Gasteiger charge is 2.24. The Morgan fingerprint density at radius 3 is 2.43 bits per heavy atom. The van der Waals surface area contributed by atoms with Gasteiger partial charge in [-0.1, -0.05) is 30.3 Å². The van der Waals surface area contributed by atoms with Crippen molar-refractivity contribution < 1.29 is 18.7 Å². The van der Waals surface area contributed by atoms with Crippen molar-refractivity contribution in [1.82, 2.24) is 10.6 Å². The highest BCUT2D eigenvalue weighted by Crippen LogP contribution is 2.30. The minimum absolute atomic E-state index is 0.0139. The molecule has 6 nitrogen and oxygen atoms in total. The average Bonchev–Trinajstić information content (AvgIpc) is 2.91. The molecule has 2 aliphatic rings. The molecule has 3 aromatic rings. The van der Waals surface area contributed by atoms with Gasteiger partial charge in [0, 0.05) is 49.0 Å². The summed E-state index contributed by atoms with van der Waals surface area (Å²) in [5, 5.41) is 6.43. The van der Waals surface area contributed by atoms with E-state index < -0.39 is 0 Å². The molecule has 2 aliphatic heterocycles. The van der Waals surface area contributed by atoms with Gasteiger partial charge in [0.25, 0.3) is 5.91 Å². The first-order valence-electron chi connectivity index (χ1n) is 12.1. The Bertz CT molecular complexity index is 1150. The Morgan fingerprint density at radius 1 is 0.943 bits per heavy atom. The van der Waals surface area contributed by atoms with Gasteiger partial charge in [-0.05, 0) is 55.3 Å². The van der Waals surface area contributed by atoms with Crippen molar-refractivity contribution in [3.63, 3.8) is 0 Å². The number of fused-ring (bicyclic) bond motifs is 1. The van der Waals surface area contributed by atoms with Gasteiger partial charge in [0.15, 0.2) is 11.5 Å². The lowest BCUT2D eigenvalue weighted by atomic mass is 10.0. The van der Waals surface area contributed by atoms with E-state index >= 15 is 0 Å². The molecule has 1 saturated heterocycles.